The molecule has 1 aliphatic rings. The molecular weight excluding hydrogens is 350 g/mol. The summed E-state index contributed by atoms with van der Waals surface area (Å²) in [5.74, 6) is -1.22. The van der Waals surface area contributed by atoms with Crippen molar-refractivity contribution in [2.75, 3.05) is 6.61 Å². The van der Waals surface area contributed by atoms with Gasteiger partial charge >= 0.3 is 12.1 Å². The van der Waals surface area contributed by atoms with E-state index in [0.29, 0.717) is 0 Å². The maximum absolute atomic E-state index is 12.2. The molecule has 0 radical (unpaired) electrons. The minimum Gasteiger partial charge on any atom is -0.480 e. The molecule has 2 aromatic rings. The predicted molar refractivity (Wildman–Crippen MR) is 103 cm³/mol. The van der Waals surface area contributed by atoms with E-state index >= 15 is 0 Å². The lowest BCUT2D eigenvalue weighted by Crippen LogP contribution is -2.51. The van der Waals surface area contributed by atoms with E-state index in [4.69, 9.17) is 4.74 Å². The largest absolute Gasteiger partial charge is 0.480 e. The summed E-state index contributed by atoms with van der Waals surface area (Å²) in [6, 6.07) is 14.9. The van der Waals surface area contributed by atoms with Crippen LogP contribution in [0.15, 0.2) is 48.5 Å². The van der Waals surface area contributed by atoms with E-state index in [2.05, 4.69) is 30.1 Å². The highest BCUT2D eigenvalue weighted by atomic mass is 32.1. The number of carbonyl (C=O) groups excluding carboxylic acids is 1. The van der Waals surface area contributed by atoms with Gasteiger partial charge in [0, 0.05) is 10.7 Å². The molecule has 0 fully saturated rings. The zero-order valence-electron chi connectivity index (χ0n) is 14.6. The molecule has 1 aliphatic carbocycles. The van der Waals surface area contributed by atoms with Crippen LogP contribution in [0, 0.1) is 0 Å². The number of hydrogen-bond acceptors (Lipinski definition) is 4. The highest BCUT2D eigenvalue weighted by Gasteiger charge is 2.35. The van der Waals surface area contributed by atoms with E-state index < -0.39 is 22.9 Å². The maximum Gasteiger partial charge on any atom is 0.407 e. The number of benzene rings is 2. The minimum atomic E-state index is -1.15. The molecule has 0 heterocycles. The first kappa shape index (κ1) is 18.3. The van der Waals surface area contributed by atoms with Crippen LogP contribution in [0.3, 0.4) is 0 Å². The van der Waals surface area contributed by atoms with Crippen molar-refractivity contribution >= 4 is 24.7 Å². The summed E-state index contributed by atoms with van der Waals surface area (Å²) in [7, 11) is 0. The van der Waals surface area contributed by atoms with Gasteiger partial charge in [-0.2, -0.15) is 12.6 Å². The maximum atomic E-state index is 12.2. The van der Waals surface area contributed by atoms with Crippen LogP contribution in [0.4, 0.5) is 4.79 Å². The Bertz CT molecular complexity index is 798. The standard InChI is InChI=1S/C20H21NO4S/c1-20(2,26)17(18(22)23)21-19(24)25-11-16-14-9-5-3-7-12(14)13-8-4-6-10-15(13)16/h3-10,16-17,26H,11H2,1-2H3,(H,21,24)(H,22,23). The third kappa shape index (κ3) is 3.55. The van der Waals surface area contributed by atoms with Crippen LogP contribution in [-0.4, -0.2) is 34.6 Å². The Balaban J connectivity index is 1.74. The number of nitrogens with one attached hydrogen (secondary N) is 1. The molecule has 0 saturated carbocycles. The lowest BCUT2D eigenvalue weighted by Gasteiger charge is -2.26. The molecule has 1 amide bonds. The Kier molecular flexibility index (Phi) is 4.96. The normalized spacial score (nSPS) is 14.3. The predicted octanol–water partition coefficient (Wildman–Crippen LogP) is 3.69. The summed E-state index contributed by atoms with van der Waals surface area (Å²) < 4.78 is 4.45. The molecule has 26 heavy (non-hydrogen) atoms. The number of fused-ring (bicyclic) bond motifs is 3. The molecule has 2 N–H and O–H groups in total. The Morgan fingerprint density at radius 3 is 2.08 bits per heavy atom. The van der Waals surface area contributed by atoms with E-state index in [-0.39, 0.29) is 12.5 Å². The third-order valence-corrected chi connectivity index (χ3v) is 4.82. The molecule has 6 heteroatoms. The Hall–Kier alpha value is -2.47. The zero-order chi connectivity index (χ0) is 18.9. The quantitative estimate of drug-likeness (QED) is 0.701. The van der Waals surface area contributed by atoms with Crippen LogP contribution in [0.2, 0.25) is 0 Å². The van der Waals surface area contributed by atoms with Crippen molar-refractivity contribution in [1.29, 1.82) is 0 Å². The number of aliphatic carboxylic acids is 1. The van der Waals surface area contributed by atoms with E-state index in [9.17, 15) is 14.7 Å². The van der Waals surface area contributed by atoms with Crippen LogP contribution in [-0.2, 0) is 9.53 Å². The van der Waals surface area contributed by atoms with Crippen molar-refractivity contribution in [3.63, 3.8) is 0 Å². The fourth-order valence-corrected chi connectivity index (χ4v) is 3.47. The number of carboxylic acid groups (broad SMARTS) is 1. The summed E-state index contributed by atoms with van der Waals surface area (Å²) in [5, 5.41) is 11.7. The Morgan fingerprint density at radius 2 is 1.62 bits per heavy atom. The molecule has 1 unspecified atom stereocenters. The summed E-state index contributed by atoms with van der Waals surface area (Å²) in [6.07, 6.45) is -0.763. The molecule has 0 aliphatic heterocycles. The van der Waals surface area contributed by atoms with Gasteiger partial charge in [-0.3, -0.25) is 0 Å². The van der Waals surface area contributed by atoms with Crippen molar-refractivity contribution in [2.45, 2.75) is 30.6 Å². The Morgan fingerprint density at radius 1 is 1.12 bits per heavy atom. The van der Waals surface area contributed by atoms with Crippen LogP contribution < -0.4 is 5.32 Å². The number of amides is 1. The monoisotopic (exact) mass is 371 g/mol. The van der Waals surface area contributed by atoms with Crippen molar-refractivity contribution in [2.24, 2.45) is 0 Å². The molecular formula is C20H21NO4S. The van der Waals surface area contributed by atoms with Gasteiger partial charge in [-0.15, -0.1) is 0 Å². The molecule has 136 valence electrons. The summed E-state index contributed by atoms with van der Waals surface area (Å²) in [6.45, 7) is 3.39. The second-order valence-corrected chi connectivity index (χ2v) is 8.05. The van der Waals surface area contributed by atoms with Gasteiger partial charge in [0.05, 0.1) is 0 Å². The molecule has 0 bridgehead atoms. The van der Waals surface area contributed by atoms with Gasteiger partial charge in [0.2, 0.25) is 0 Å². The molecule has 0 spiro atoms. The van der Waals surface area contributed by atoms with Gasteiger partial charge < -0.3 is 15.2 Å². The van der Waals surface area contributed by atoms with Crippen LogP contribution >= 0.6 is 12.6 Å². The van der Waals surface area contributed by atoms with E-state index in [1.165, 1.54) is 0 Å². The van der Waals surface area contributed by atoms with Crippen molar-refractivity contribution < 1.29 is 19.4 Å². The summed E-state index contributed by atoms with van der Waals surface area (Å²) >= 11 is 4.24. The average molecular weight is 371 g/mol. The van der Waals surface area contributed by atoms with E-state index in [1.54, 1.807) is 13.8 Å². The van der Waals surface area contributed by atoms with E-state index in [0.717, 1.165) is 22.3 Å². The van der Waals surface area contributed by atoms with Gasteiger partial charge in [-0.25, -0.2) is 9.59 Å². The lowest BCUT2D eigenvalue weighted by molar-refractivity contribution is -0.140. The van der Waals surface area contributed by atoms with Crippen molar-refractivity contribution in [3.05, 3.63) is 59.7 Å². The van der Waals surface area contributed by atoms with Gasteiger partial charge in [0.25, 0.3) is 0 Å². The van der Waals surface area contributed by atoms with Gasteiger partial charge in [0.15, 0.2) is 0 Å². The number of thiol groups is 1. The average Bonchev–Trinajstić information content (AvgIpc) is 2.91. The summed E-state index contributed by atoms with van der Waals surface area (Å²) in [5.41, 5.74) is 4.48. The molecule has 0 saturated heterocycles. The summed E-state index contributed by atoms with van der Waals surface area (Å²) in [4.78, 5) is 23.5. The van der Waals surface area contributed by atoms with Gasteiger partial charge in [-0.05, 0) is 36.1 Å². The fraction of sp³-hybridized carbons (Fsp3) is 0.300. The van der Waals surface area contributed by atoms with Crippen LogP contribution in [0.5, 0.6) is 0 Å². The second kappa shape index (κ2) is 7.03. The highest BCUT2D eigenvalue weighted by Crippen LogP contribution is 2.44. The van der Waals surface area contributed by atoms with Crippen molar-refractivity contribution in [3.8, 4) is 11.1 Å². The SMILES string of the molecule is CC(C)(S)C(NC(=O)OCC1c2ccccc2-c2ccccc21)C(=O)O. The van der Waals surface area contributed by atoms with Crippen LogP contribution in [0.25, 0.3) is 11.1 Å². The fourth-order valence-electron chi connectivity index (χ4n) is 3.30. The molecule has 3 rings (SSSR count). The van der Waals surface area contributed by atoms with Gasteiger partial charge in [-0.1, -0.05) is 48.5 Å². The smallest absolute Gasteiger partial charge is 0.407 e. The zero-order valence-corrected chi connectivity index (χ0v) is 15.5. The topological polar surface area (TPSA) is 75.6 Å². The first-order valence-electron chi connectivity index (χ1n) is 8.35. The number of carbonyl (C=O) groups is 2. The highest BCUT2D eigenvalue weighted by molar-refractivity contribution is 7.81. The van der Waals surface area contributed by atoms with Gasteiger partial charge in [0.1, 0.15) is 12.6 Å². The number of ether oxygens (including phenoxy) is 1. The first-order valence-corrected chi connectivity index (χ1v) is 8.80. The molecule has 1 atom stereocenters. The number of rotatable bonds is 5. The van der Waals surface area contributed by atoms with E-state index in [1.807, 2.05) is 36.4 Å². The molecule has 2 aromatic carbocycles. The van der Waals surface area contributed by atoms with Crippen molar-refractivity contribution in [1.82, 2.24) is 5.32 Å². The molecule has 0 aromatic heterocycles. The molecule has 5 nitrogen and oxygen atoms in total. The number of carboxylic acids is 1. The third-order valence-electron chi connectivity index (χ3n) is 4.56. The number of alkyl carbamates (subject to hydrolysis) is 1. The second-order valence-electron chi connectivity index (χ2n) is 6.89. The first-order chi connectivity index (χ1) is 12.3. The Labute approximate surface area is 157 Å². The number of hydrogen-bond donors (Lipinski definition) is 3. The minimum absolute atomic E-state index is 0.0690. The lowest BCUT2D eigenvalue weighted by atomic mass is 9.98. The van der Waals surface area contributed by atoms with Crippen LogP contribution in [0.1, 0.15) is 30.9 Å².